The number of fused-ring (bicyclic) bond motifs is 1. The smallest absolute Gasteiger partial charge is 0.408 e. The molecule has 0 radical (unpaired) electrons. The van der Waals surface area contributed by atoms with Crippen LogP contribution in [0.1, 0.15) is 56.6 Å². The lowest BCUT2D eigenvalue weighted by Gasteiger charge is -2.21. The van der Waals surface area contributed by atoms with Crippen LogP contribution < -0.4 is 5.32 Å². The van der Waals surface area contributed by atoms with Crippen molar-refractivity contribution in [2.45, 2.75) is 58.1 Å². The molecule has 1 heterocycles. The number of carbonyl (C=O) groups excluding carboxylic acids is 2. The molecule has 2 rings (SSSR count). The van der Waals surface area contributed by atoms with E-state index in [2.05, 4.69) is 10.3 Å². The third kappa shape index (κ3) is 3.62. The summed E-state index contributed by atoms with van der Waals surface area (Å²) in [5.41, 5.74) is 2.60. The minimum Gasteiger partial charge on any atom is -0.444 e. The second kappa shape index (κ2) is 5.69. The number of hydrogen-bond acceptors (Lipinski definition) is 3. The number of aromatic amines is 1. The van der Waals surface area contributed by atoms with Crippen LogP contribution in [0.25, 0.3) is 0 Å². The Kier molecular flexibility index (Phi) is 4.16. The van der Waals surface area contributed by atoms with Gasteiger partial charge in [0.25, 0.3) is 0 Å². The first kappa shape index (κ1) is 14.6. The molecule has 0 aliphatic heterocycles. The summed E-state index contributed by atoms with van der Waals surface area (Å²) in [5.74, 6) is 0. The Bertz CT molecular complexity index is 476. The number of rotatable bonds is 3. The van der Waals surface area contributed by atoms with Gasteiger partial charge in [0, 0.05) is 11.4 Å². The standard InChI is InChI=1S/C15H22N2O3/c1-15(2,3)20-14(19)17-13(9-18)12-8-10-6-4-5-7-11(10)16-12/h8-9,13,16H,4-7H2,1-3H3,(H,17,19). The van der Waals surface area contributed by atoms with Crippen molar-refractivity contribution in [2.75, 3.05) is 0 Å². The van der Waals surface area contributed by atoms with E-state index in [1.54, 1.807) is 20.8 Å². The zero-order chi connectivity index (χ0) is 14.8. The van der Waals surface area contributed by atoms with E-state index >= 15 is 0 Å². The van der Waals surface area contributed by atoms with Crippen LogP contribution in [-0.4, -0.2) is 23.0 Å². The van der Waals surface area contributed by atoms with Crippen molar-refractivity contribution in [3.63, 3.8) is 0 Å². The zero-order valence-corrected chi connectivity index (χ0v) is 12.3. The zero-order valence-electron chi connectivity index (χ0n) is 12.3. The molecule has 1 aliphatic rings. The maximum Gasteiger partial charge on any atom is 0.408 e. The van der Waals surface area contributed by atoms with Gasteiger partial charge in [0.2, 0.25) is 0 Å². The first-order valence-corrected chi connectivity index (χ1v) is 7.04. The van der Waals surface area contributed by atoms with E-state index in [0.29, 0.717) is 0 Å². The van der Waals surface area contributed by atoms with Crippen molar-refractivity contribution < 1.29 is 14.3 Å². The van der Waals surface area contributed by atoms with Gasteiger partial charge in [0.1, 0.15) is 17.9 Å². The molecule has 5 heteroatoms. The summed E-state index contributed by atoms with van der Waals surface area (Å²) in [7, 11) is 0. The first-order valence-electron chi connectivity index (χ1n) is 7.04. The fraction of sp³-hybridized carbons (Fsp3) is 0.600. The van der Waals surface area contributed by atoms with Crippen LogP contribution in [0.3, 0.4) is 0 Å². The summed E-state index contributed by atoms with van der Waals surface area (Å²) in [5, 5.41) is 2.59. The van der Waals surface area contributed by atoms with Crippen molar-refractivity contribution >= 4 is 12.4 Å². The molecule has 1 aromatic rings. The van der Waals surface area contributed by atoms with Gasteiger partial charge in [-0.2, -0.15) is 0 Å². The minimum atomic E-state index is -0.685. The Labute approximate surface area is 119 Å². The summed E-state index contributed by atoms with van der Waals surface area (Å²) in [6.45, 7) is 5.36. The number of ether oxygens (including phenoxy) is 1. The van der Waals surface area contributed by atoms with Gasteiger partial charge in [-0.1, -0.05) is 0 Å². The molecule has 0 saturated carbocycles. The van der Waals surface area contributed by atoms with Gasteiger partial charge in [-0.25, -0.2) is 4.79 Å². The van der Waals surface area contributed by atoms with E-state index in [4.69, 9.17) is 4.74 Å². The number of carbonyl (C=O) groups is 2. The van der Waals surface area contributed by atoms with Crippen LogP contribution in [0.4, 0.5) is 4.79 Å². The number of aryl methyl sites for hydroxylation is 2. The largest absolute Gasteiger partial charge is 0.444 e. The first-order chi connectivity index (χ1) is 9.39. The van der Waals surface area contributed by atoms with Gasteiger partial charge in [0.15, 0.2) is 0 Å². The topological polar surface area (TPSA) is 71.2 Å². The van der Waals surface area contributed by atoms with Gasteiger partial charge in [0.05, 0.1) is 0 Å². The van der Waals surface area contributed by atoms with Crippen molar-refractivity contribution in [3.05, 3.63) is 23.0 Å². The maximum atomic E-state index is 11.7. The highest BCUT2D eigenvalue weighted by Gasteiger charge is 2.22. The van der Waals surface area contributed by atoms with E-state index < -0.39 is 17.7 Å². The van der Waals surface area contributed by atoms with Gasteiger partial charge in [-0.05, 0) is 58.1 Å². The molecule has 1 atom stereocenters. The minimum absolute atomic E-state index is 0.577. The average molecular weight is 278 g/mol. The Hall–Kier alpha value is -1.78. The summed E-state index contributed by atoms with van der Waals surface area (Å²) < 4.78 is 5.17. The summed E-state index contributed by atoms with van der Waals surface area (Å²) in [6.07, 6.45) is 4.52. The summed E-state index contributed by atoms with van der Waals surface area (Å²) in [6, 6.07) is 1.29. The Balaban J connectivity index is 2.06. The third-order valence-electron chi connectivity index (χ3n) is 3.28. The molecule has 1 aromatic heterocycles. The molecule has 1 amide bonds. The lowest BCUT2D eigenvalue weighted by molar-refractivity contribution is -0.109. The molecule has 5 nitrogen and oxygen atoms in total. The van der Waals surface area contributed by atoms with Gasteiger partial charge in [-0.3, -0.25) is 0 Å². The lowest BCUT2D eigenvalue weighted by atomic mass is 9.98. The van der Waals surface area contributed by atoms with Crippen molar-refractivity contribution in [3.8, 4) is 0 Å². The molecular weight excluding hydrogens is 256 g/mol. The van der Waals surface area contributed by atoms with Crippen molar-refractivity contribution in [2.24, 2.45) is 0 Å². The fourth-order valence-corrected chi connectivity index (χ4v) is 2.42. The number of amides is 1. The number of aromatic nitrogens is 1. The monoisotopic (exact) mass is 278 g/mol. The number of hydrogen-bond donors (Lipinski definition) is 2. The summed E-state index contributed by atoms with van der Waals surface area (Å²) >= 11 is 0. The SMILES string of the molecule is CC(C)(C)OC(=O)NC(C=O)c1cc2c([nH]1)CCCC2. The van der Waals surface area contributed by atoms with E-state index in [0.717, 1.165) is 31.2 Å². The average Bonchev–Trinajstić information content (AvgIpc) is 2.77. The molecule has 0 saturated heterocycles. The second-order valence-corrected chi connectivity index (χ2v) is 6.20. The van der Waals surface area contributed by atoms with Crippen LogP contribution in [-0.2, 0) is 22.4 Å². The molecule has 0 bridgehead atoms. The predicted molar refractivity (Wildman–Crippen MR) is 75.6 cm³/mol. The molecule has 110 valence electrons. The predicted octanol–water partition coefficient (Wildman–Crippen LogP) is 2.66. The fourth-order valence-electron chi connectivity index (χ4n) is 2.42. The van der Waals surface area contributed by atoms with E-state index in [1.807, 2.05) is 6.07 Å². The van der Waals surface area contributed by atoms with Gasteiger partial charge >= 0.3 is 6.09 Å². The van der Waals surface area contributed by atoms with Crippen molar-refractivity contribution in [1.82, 2.24) is 10.3 Å². The molecular formula is C15H22N2O3. The third-order valence-corrected chi connectivity index (χ3v) is 3.28. The van der Waals surface area contributed by atoms with Crippen LogP contribution in [0, 0.1) is 0 Å². The van der Waals surface area contributed by atoms with Gasteiger partial charge < -0.3 is 19.8 Å². The number of alkyl carbamates (subject to hydrolysis) is 1. The molecule has 0 aromatic carbocycles. The van der Waals surface area contributed by atoms with Crippen LogP contribution >= 0.6 is 0 Å². The van der Waals surface area contributed by atoms with E-state index in [1.165, 1.54) is 17.7 Å². The highest BCUT2D eigenvalue weighted by atomic mass is 16.6. The van der Waals surface area contributed by atoms with Gasteiger partial charge in [-0.15, -0.1) is 0 Å². The lowest BCUT2D eigenvalue weighted by Crippen LogP contribution is -2.35. The molecule has 1 aliphatic carbocycles. The second-order valence-electron chi connectivity index (χ2n) is 6.20. The molecule has 1 unspecified atom stereocenters. The Morgan fingerprint density at radius 2 is 2.10 bits per heavy atom. The molecule has 20 heavy (non-hydrogen) atoms. The number of H-pyrrole nitrogens is 1. The van der Waals surface area contributed by atoms with E-state index in [-0.39, 0.29) is 0 Å². The maximum absolute atomic E-state index is 11.7. The van der Waals surface area contributed by atoms with Crippen LogP contribution in [0.2, 0.25) is 0 Å². The van der Waals surface area contributed by atoms with E-state index in [9.17, 15) is 9.59 Å². The van der Waals surface area contributed by atoms with Crippen molar-refractivity contribution in [1.29, 1.82) is 0 Å². The Morgan fingerprint density at radius 1 is 1.40 bits per heavy atom. The Morgan fingerprint density at radius 3 is 2.70 bits per heavy atom. The molecule has 0 spiro atoms. The number of aldehydes is 1. The highest BCUT2D eigenvalue weighted by Crippen LogP contribution is 2.24. The van der Waals surface area contributed by atoms with Crippen LogP contribution in [0.15, 0.2) is 6.07 Å². The summed E-state index contributed by atoms with van der Waals surface area (Å²) in [4.78, 5) is 26.2. The highest BCUT2D eigenvalue weighted by molar-refractivity contribution is 5.74. The van der Waals surface area contributed by atoms with Crippen LogP contribution in [0.5, 0.6) is 0 Å². The molecule has 0 fully saturated rings. The quantitative estimate of drug-likeness (QED) is 0.835. The molecule has 2 N–H and O–H groups in total. The normalized spacial score (nSPS) is 16.1. The number of nitrogens with one attached hydrogen (secondary N) is 2.